The van der Waals surface area contributed by atoms with E-state index in [4.69, 9.17) is 9.62 Å². The summed E-state index contributed by atoms with van der Waals surface area (Å²) >= 11 is 0. The van der Waals surface area contributed by atoms with Crippen molar-refractivity contribution in [3.63, 3.8) is 0 Å². The van der Waals surface area contributed by atoms with Crippen molar-refractivity contribution in [3.05, 3.63) is 64.6 Å². The Morgan fingerprint density at radius 2 is 1.90 bits per heavy atom. The Labute approximate surface area is 185 Å². The molecular weight excluding hydrogens is 386 g/mol. The molecule has 1 aliphatic rings. The van der Waals surface area contributed by atoms with E-state index < -0.39 is 0 Å². The molecule has 166 valence electrons. The summed E-state index contributed by atoms with van der Waals surface area (Å²) < 4.78 is 7.73. The van der Waals surface area contributed by atoms with Crippen molar-refractivity contribution in [2.45, 2.75) is 85.5 Å². The molecule has 0 radical (unpaired) electrons. The first-order valence-corrected chi connectivity index (χ1v) is 11.5. The molecular formula is C25H35N5O. The van der Waals surface area contributed by atoms with Crippen molar-refractivity contribution in [2.24, 2.45) is 5.92 Å². The van der Waals surface area contributed by atoms with Crippen molar-refractivity contribution in [1.82, 2.24) is 24.8 Å². The van der Waals surface area contributed by atoms with E-state index in [2.05, 4.69) is 65.6 Å². The third-order valence-electron chi connectivity index (χ3n) is 6.69. The maximum atomic E-state index is 5.57. The molecule has 6 heteroatoms. The van der Waals surface area contributed by atoms with Crippen LogP contribution in [0.2, 0.25) is 0 Å². The molecule has 3 heterocycles. The predicted molar refractivity (Wildman–Crippen MR) is 122 cm³/mol. The van der Waals surface area contributed by atoms with Crippen LogP contribution in [0.25, 0.3) is 0 Å². The molecule has 0 amide bonds. The van der Waals surface area contributed by atoms with Crippen LogP contribution in [0.4, 0.5) is 0 Å². The van der Waals surface area contributed by atoms with Crippen LogP contribution in [-0.4, -0.2) is 30.9 Å². The minimum absolute atomic E-state index is 0.370. The van der Waals surface area contributed by atoms with Crippen LogP contribution < -0.4 is 0 Å². The summed E-state index contributed by atoms with van der Waals surface area (Å²) in [5.74, 6) is 1.59. The average Bonchev–Trinajstić information content (AvgIpc) is 3.44. The average molecular weight is 422 g/mol. The Balaban J connectivity index is 1.61. The summed E-state index contributed by atoms with van der Waals surface area (Å²) in [6.07, 6.45) is 8.47. The van der Waals surface area contributed by atoms with Crippen molar-refractivity contribution in [2.75, 3.05) is 0 Å². The molecule has 0 spiro atoms. The van der Waals surface area contributed by atoms with E-state index in [0.717, 1.165) is 36.7 Å². The van der Waals surface area contributed by atoms with Gasteiger partial charge in [0.2, 0.25) is 0 Å². The van der Waals surface area contributed by atoms with E-state index in [1.807, 2.05) is 19.3 Å². The highest BCUT2D eigenvalue weighted by molar-refractivity contribution is 5.25. The van der Waals surface area contributed by atoms with Gasteiger partial charge in [0.15, 0.2) is 0 Å². The van der Waals surface area contributed by atoms with Gasteiger partial charge >= 0.3 is 0 Å². The number of rotatable bonds is 8. The molecule has 0 aliphatic heterocycles. The lowest BCUT2D eigenvalue weighted by Gasteiger charge is -2.33. The van der Waals surface area contributed by atoms with Gasteiger partial charge in [-0.25, -0.2) is 0 Å². The van der Waals surface area contributed by atoms with E-state index in [-0.39, 0.29) is 0 Å². The molecule has 1 aliphatic carbocycles. The van der Waals surface area contributed by atoms with E-state index in [1.165, 1.54) is 36.1 Å². The maximum absolute atomic E-state index is 5.57. The van der Waals surface area contributed by atoms with Gasteiger partial charge in [0.05, 0.1) is 11.4 Å². The smallest absolute Gasteiger partial charge is 0.137 e. The number of nitrogens with zero attached hydrogens (tertiary/aromatic N) is 5. The van der Waals surface area contributed by atoms with Crippen molar-refractivity contribution in [3.8, 4) is 0 Å². The van der Waals surface area contributed by atoms with Crippen LogP contribution in [0.3, 0.4) is 0 Å². The normalized spacial score (nSPS) is 19.1. The highest BCUT2D eigenvalue weighted by Gasteiger charge is 2.34. The zero-order chi connectivity index (χ0) is 22.0. The lowest BCUT2D eigenvalue weighted by molar-refractivity contribution is 0.138. The second-order valence-electron chi connectivity index (χ2n) is 9.35. The first kappa shape index (κ1) is 21.8. The van der Waals surface area contributed by atoms with Gasteiger partial charge in [0.1, 0.15) is 5.76 Å². The van der Waals surface area contributed by atoms with Crippen molar-refractivity contribution < 1.29 is 4.52 Å². The Morgan fingerprint density at radius 3 is 2.55 bits per heavy atom. The lowest BCUT2D eigenvalue weighted by Crippen LogP contribution is -2.38. The number of aryl methyl sites for hydroxylation is 2. The first-order valence-electron chi connectivity index (χ1n) is 11.5. The monoisotopic (exact) mass is 421 g/mol. The fourth-order valence-electron chi connectivity index (χ4n) is 5.15. The Kier molecular flexibility index (Phi) is 6.56. The minimum Gasteiger partial charge on any atom is -0.361 e. The Hall–Kier alpha value is -2.47. The third-order valence-corrected chi connectivity index (χ3v) is 6.69. The Bertz CT molecular complexity index is 991. The van der Waals surface area contributed by atoms with E-state index in [9.17, 15) is 0 Å². The highest BCUT2D eigenvalue weighted by Crippen LogP contribution is 2.35. The number of pyridine rings is 1. The molecule has 0 aromatic carbocycles. The zero-order valence-corrected chi connectivity index (χ0v) is 19.5. The van der Waals surface area contributed by atoms with Gasteiger partial charge in [-0.1, -0.05) is 11.6 Å². The summed E-state index contributed by atoms with van der Waals surface area (Å²) in [5.41, 5.74) is 6.07. The summed E-state index contributed by atoms with van der Waals surface area (Å²) in [7, 11) is 0. The van der Waals surface area contributed by atoms with Gasteiger partial charge < -0.3 is 4.52 Å². The summed E-state index contributed by atoms with van der Waals surface area (Å²) in [6.45, 7) is 12.6. The van der Waals surface area contributed by atoms with Gasteiger partial charge in [-0.3, -0.25) is 14.6 Å². The molecule has 1 saturated carbocycles. The molecule has 2 atom stereocenters. The van der Waals surface area contributed by atoms with Crippen LogP contribution in [0.15, 0.2) is 35.1 Å². The molecule has 3 aromatic heterocycles. The fourth-order valence-corrected chi connectivity index (χ4v) is 5.15. The van der Waals surface area contributed by atoms with Crippen molar-refractivity contribution in [1.29, 1.82) is 0 Å². The molecule has 6 nitrogen and oxygen atoms in total. The summed E-state index contributed by atoms with van der Waals surface area (Å²) in [5, 5.41) is 8.94. The van der Waals surface area contributed by atoms with E-state index >= 15 is 0 Å². The van der Waals surface area contributed by atoms with Crippen LogP contribution in [0, 0.1) is 26.7 Å². The fraction of sp³-hybridized carbons (Fsp3) is 0.560. The SMILES string of the molecule is Cc1cc(C[C@@H]2CCC[C@H]2N(Cc2ccncc2)Cc2c(C)nn(C(C)C)c2C)on1. The van der Waals surface area contributed by atoms with Gasteiger partial charge in [-0.05, 0) is 71.1 Å². The second-order valence-corrected chi connectivity index (χ2v) is 9.35. The molecule has 0 saturated heterocycles. The van der Waals surface area contributed by atoms with Crippen LogP contribution in [-0.2, 0) is 19.5 Å². The standard InChI is InChI=1S/C25H35N5O/c1-17(2)30-20(5)24(19(4)27-30)16-29(15-21-9-11-26-12-10-21)25-8-6-7-22(25)14-23-13-18(3)28-31-23/h9-13,17,22,25H,6-8,14-16H2,1-5H3/t22-,25+/m0/s1. The molecule has 1 fully saturated rings. The zero-order valence-electron chi connectivity index (χ0n) is 19.5. The number of aromatic nitrogens is 4. The van der Waals surface area contributed by atoms with Crippen LogP contribution >= 0.6 is 0 Å². The molecule has 0 bridgehead atoms. The number of hydrogen-bond donors (Lipinski definition) is 0. The molecule has 4 rings (SSSR count). The Morgan fingerprint density at radius 1 is 1.13 bits per heavy atom. The first-order chi connectivity index (χ1) is 14.9. The van der Waals surface area contributed by atoms with Crippen LogP contribution in [0.1, 0.15) is 73.1 Å². The third kappa shape index (κ3) is 4.90. The predicted octanol–water partition coefficient (Wildman–Crippen LogP) is 5.19. The molecule has 31 heavy (non-hydrogen) atoms. The molecule has 3 aromatic rings. The van der Waals surface area contributed by atoms with E-state index in [0.29, 0.717) is 18.0 Å². The lowest BCUT2D eigenvalue weighted by atomic mass is 9.95. The van der Waals surface area contributed by atoms with Gasteiger partial charge in [-0.2, -0.15) is 5.10 Å². The van der Waals surface area contributed by atoms with Crippen LogP contribution in [0.5, 0.6) is 0 Å². The minimum atomic E-state index is 0.370. The summed E-state index contributed by atoms with van der Waals surface area (Å²) in [4.78, 5) is 6.87. The maximum Gasteiger partial charge on any atom is 0.137 e. The molecule has 0 N–H and O–H groups in total. The quantitative estimate of drug-likeness (QED) is 0.501. The number of hydrogen-bond acceptors (Lipinski definition) is 5. The van der Waals surface area contributed by atoms with Crippen molar-refractivity contribution >= 4 is 0 Å². The second kappa shape index (κ2) is 9.35. The van der Waals surface area contributed by atoms with Gasteiger partial charge in [0.25, 0.3) is 0 Å². The van der Waals surface area contributed by atoms with E-state index in [1.54, 1.807) is 0 Å². The molecule has 0 unspecified atom stereocenters. The van der Waals surface area contributed by atoms with Gasteiger partial charge in [0, 0.05) is 61.3 Å². The highest BCUT2D eigenvalue weighted by atomic mass is 16.5. The largest absolute Gasteiger partial charge is 0.361 e. The summed E-state index contributed by atoms with van der Waals surface area (Å²) in [6, 6.07) is 7.24. The topological polar surface area (TPSA) is 60.0 Å². The van der Waals surface area contributed by atoms with Gasteiger partial charge in [-0.15, -0.1) is 0 Å².